The fourth-order valence-corrected chi connectivity index (χ4v) is 3.24. The molecule has 0 saturated carbocycles. The minimum Gasteiger partial charge on any atom is -0.508 e. The highest BCUT2D eigenvalue weighted by Gasteiger charge is 2.22. The largest absolute Gasteiger partial charge is 0.508 e. The summed E-state index contributed by atoms with van der Waals surface area (Å²) in [5, 5.41) is 29.0. The Kier molecular flexibility index (Phi) is 6.98. The maximum absolute atomic E-state index is 10.8. The number of phenolic OH excluding ortho intramolecular Hbond substituents is 1. The van der Waals surface area contributed by atoms with Crippen molar-refractivity contribution in [1.82, 2.24) is 0 Å². The van der Waals surface area contributed by atoms with Gasteiger partial charge in [0.1, 0.15) is 11.5 Å². The molecule has 0 heterocycles. The highest BCUT2D eigenvalue weighted by atomic mass is 32.3. The van der Waals surface area contributed by atoms with Crippen molar-refractivity contribution in [3.63, 3.8) is 0 Å². The van der Waals surface area contributed by atoms with E-state index in [0.717, 1.165) is 5.56 Å². The smallest absolute Gasteiger partial charge is 0.446 e. The Hall–Kier alpha value is -2.13. The molecule has 0 bridgehead atoms. The second-order valence-corrected chi connectivity index (χ2v) is 7.14. The minimum absolute atomic E-state index is 0.0322. The lowest BCUT2D eigenvalue weighted by Crippen LogP contribution is -2.26. The number of hydrogen-bond acceptors (Lipinski definition) is 6. The fraction of sp³-hybridized carbons (Fsp3) is 0.333. The Morgan fingerprint density at radius 2 is 1.42 bits per heavy atom. The number of aliphatic hydroxyl groups is 2. The van der Waals surface area contributed by atoms with Crippen molar-refractivity contribution >= 4 is 10.4 Å². The standard InChI is InChI=1S/C18H22O7S/c19-11-15(7-13-3-1-5-17(21)9-13)16(12-20)8-14-4-2-6-18(10-14)25-26(22,23)24/h1-6,9-10,15-16,19-21H,7-8,11-12H2,(H,22,23,24)/t15-,16-/m0/s1. The monoisotopic (exact) mass is 382 g/mol. The topological polar surface area (TPSA) is 124 Å². The molecule has 2 atom stereocenters. The Bertz CT molecular complexity index is 820. The minimum atomic E-state index is -4.61. The third-order valence-corrected chi connectivity index (χ3v) is 4.55. The molecule has 0 unspecified atom stereocenters. The van der Waals surface area contributed by atoms with Gasteiger partial charge >= 0.3 is 10.4 Å². The summed E-state index contributed by atoms with van der Waals surface area (Å²) >= 11 is 0. The Labute approximate surface area is 152 Å². The van der Waals surface area contributed by atoms with Gasteiger partial charge in [0.15, 0.2) is 0 Å². The van der Waals surface area contributed by atoms with Crippen molar-refractivity contribution in [2.45, 2.75) is 12.8 Å². The fourth-order valence-electron chi connectivity index (χ4n) is 2.90. The van der Waals surface area contributed by atoms with Crippen LogP contribution in [0, 0.1) is 11.8 Å². The molecule has 2 aromatic carbocycles. The number of rotatable bonds is 9. The normalized spacial score (nSPS) is 14.0. The molecular formula is C18H22O7S. The van der Waals surface area contributed by atoms with E-state index in [9.17, 15) is 23.7 Å². The molecule has 0 spiro atoms. The average Bonchev–Trinajstić information content (AvgIpc) is 2.57. The van der Waals surface area contributed by atoms with Crippen LogP contribution in [-0.4, -0.2) is 41.5 Å². The van der Waals surface area contributed by atoms with Gasteiger partial charge in [-0.25, -0.2) is 0 Å². The van der Waals surface area contributed by atoms with Crippen LogP contribution in [0.3, 0.4) is 0 Å². The quantitative estimate of drug-likeness (QED) is 0.485. The van der Waals surface area contributed by atoms with Crippen LogP contribution in [0.2, 0.25) is 0 Å². The molecule has 0 fully saturated rings. The number of phenols is 1. The first-order valence-corrected chi connectivity index (χ1v) is 9.42. The lowest BCUT2D eigenvalue weighted by atomic mass is 9.83. The van der Waals surface area contributed by atoms with E-state index in [-0.39, 0.29) is 36.5 Å². The van der Waals surface area contributed by atoms with Crippen molar-refractivity contribution in [1.29, 1.82) is 0 Å². The zero-order valence-corrected chi connectivity index (χ0v) is 14.8. The molecule has 0 aromatic heterocycles. The van der Waals surface area contributed by atoms with Gasteiger partial charge in [0, 0.05) is 13.2 Å². The molecule has 0 amide bonds. The first-order chi connectivity index (χ1) is 12.3. The van der Waals surface area contributed by atoms with Crippen LogP contribution in [0.5, 0.6) is 11.5 Å². The predicted molar refractivity (Wildman–Crippen MR) is 95.3 cm³/mol. The number of hydrogen-bond donors (Lipinski definition) is 4. The number of aliphatic hydroxyl groups excluding tert-OH is 2. The van der Waals surface area contributed by atoms with E-state index in [1.807, 2.05) is 6.07 Å². The lowest BCUT2D eigenvalue weighted by Gasteiger charge is -2.24. The Balaban J connectivity index is 2.12. The summed E-state index contributed by atoms with van der Waals surface area (Å²) in [5.74, 6) is -0.443. The van der Waals surface area contributed by atoms with Gasteiger partial charge in [-0.3, -0.25) is 4.55 Å². The molecule has 8 heteroatoms. The molecule has 0 aliphatic rings. The molecule has 7 nitrogen and oxygen atoms in total. The van der Waals surface area contributed by atoms with Crippen LogP contribution in [-0.2, 0) is 23.2 Å². The Morgan fingerprint density at radius 3 is 1.92 bits per heavy atom. The van der Waals surface area contributed by atoms with Gasteiger partial charge < -0.3 is 19.5 Å². The zero-order chi connectivity index (χ0) is 19.2. The van der Waals surface area contributed by atoms with Crippen LogP contribution in [0.15, 0.2) is 48.5 Å². The van der Waals surface area contributed by atoms with E-state index >= 15 is 0 Å². The molecule has 2 rings (SSSR count). The molecule has 0 aliphatic carbocycles. The van der Waals surface area contributed by atoms with Gasteiger partial charge in [-0.05, 0) is 60.1 Å². The SMILES string of the molecule is O=S(=O)(O)Oc1cccc(C[C@@H](CO)[C@H](CO)Cc2cccc(O)c2)c1. The van der Waals surface area contributed by atoms with Crippen LogP contribution in [0.4, 0.5) is 0 Å². The van der Waals surface area contributed by atoms with Crippen LogP contribution < -0.4 is 4.18 Å². The zero-order valence-electron chi connectivity index (χ0n) is 14.0. The lowest BCUT2D eigenvalue weighted by molar-refractivity contribution is 0.119. The van der Waals surface area contributed by atoms with Gasteiger partial charge in [-0.15, -0.1) is 0 Å². The van der Waals surface area contributed by atoms with Gasteiger partial charge in [-0.1, -0.05) is 24.3 Å². The first-order valence-electron chi connectivity index (χ1n) is 8.06. The first kappa shape index (κ1) is 20.2. The summed E-state index contributed by atoms with van der Waals surface area (Å²) < 4.78 is 34.8. The summed E-state index contributed by atoms with van der Waals surface area (Å²) in [6.07, 6.45) is 0.848. The maximum atomic E-state index is 10.8. The highest BCUT2D eigenvalue weighted by molar-refractivity contribution is 7.81. The van der Waals surface area contributed by atoms with Crippen molar-refractivity contribution < 1.29 is 32.5 Å². The molecule has 2 aromatic rings. The van der Waals surface area contributed by atoms with E-state index in [1.54, 1.807) is 30.3 Å². The summed E-state index contributed by atoms with van der Waals surface area (Å²) in [7, 11) is -4.61. The predicted octanol–water partition coefficient (Wildman–Crippen LogP) is 1.58. The average molecular weight is 382 g/mol. The highest BCUT2D eigenvalue weighted by Crippen LogP contribution is 2.25. The molecule has 4 N–H and O–H groups in total. The summed E-state index contributed by atoms with van der Waals surface area (Å²) in [4.78, 5) is 0. The molecule has 0 radical (unpaired) electrons. The van der Waals surface area contributed by atoms with Crippen LogP contribution >= 0.6 is 0 Å². The molecule has 26 heavy (non-hydrogen) atoms. The summed E-state index contributed by atoms with van der Waals surface area (Å²) in [5.41, 5.74) is 1.53. The third kappa shape index (κ3) is 6.30. The molecule has 142 valence electrons. The van der Waals surface area contributed by atoms with E-state index in [1.165, 1.54) is 12.1 Å². The van der Waals surface area contributed by atoms with Crippen molar-refractivity contribution in [2.24, 2.45) is 11.8 Å². The van der Waals surface area contributed by atoms with Gasteiger partial charge in [0.05, 0.1) is 0 Å². The van der Waals surface area contributed by atoms with Crippen molar-refractivity contribution in [3.05, 3.63) is 59.7 Å². The summed E-state index contributed by atoms with van der Waals surface area (Å²) in [6, 6.07) is 12.9. The van der Waals surface area contributed by atoms with E-state index in [2.05, 4.69) is 4.18 Å². The van der Waals surface area contributed by atoms with Crippen LogP contribution in [0.25, 0.3) is 0 Å². The van der Waals surface area contributed by atoms with Crippen LogP contribution in [0.1, 0.15) is 11.1 Å². The summed E-state index contributed by atoms with van der Waals surface area (Å²) in [6.45, 7) is -0.324. The van der Waals surface area contributed by atoms with Gasteiger partial charge in [0.25, 0.3) is 0 Å². The number of aromatic hydroxyl groups is 1. The second kappa shape index (κ2) is 9.00. The second-order valence-electron chi connectivity index (χ2n) is 6.12. The molecule has 0 saturated heterocycles. The van der Waals surface area contributed by atoms with Gasteiger partial charge in [-0.2, -0.15) is 8.42 Å². The molecular weight excluding hydrogens is 360 g/mol. The number of benzene rings is 2. The third-order valence-electron chi connectivity index (χ3n) is 4.14. The van der Waals surface area contributed by atoms with E-state index < -0.39 is 10.4 Å². The van der Waals surface area contributed by atoms with Gasteiger partial charge in [0.2, 0.25) is 0 Å². The Morgan fingerprint density at radius 1 is 0.885 bits per heavy atom. The van der Waals surface area contributed by atoms with E-state index in [4.69, 9.17) is 4.55 Å². The van der Waals surface area contributed by atoms with E-state index in [0.29, 0.717) is 18.4 Å². The van der Waals surface area contributed by atoms with Crippen molar-refractivity contribution in [2.75, 3.05) is 13.2 Å². The molecule has 0 aliphatic heterocycles. The van der Waals surface area contributed by atoms with Crippen molar-refractivity contribution in [3.8, 4) is 11.5 Å². The maximum Gasteiger partial charge on any atom is 0.446 e.